The second kappa shape index (κ2) is 4.84. The van der Waals surface area contributed by atoms with E-state index in [1.54, 1.807) is 0 Å². The number of hydrazine groups is 1. The molecule has 0 unspecified atom stereocenters. The second-order valence-corrected chi connectivity index (χ2v) is 3.84. The van der Waals surface area contributed by atoms with E-state index in [1.165, 1.54) is 31.2 Å². The number of nitro benzene ring substituents is 1. The van der Waals surface area contributed by atoms with E-state index in [9.17, 15) is 19.7 Å². The van der Waals surface area contributed by atoms with Gasteiger partial charge in [0, 0.05) is 19.1 Å². The van der Waals surface area contributed by atoms with E-state index in [2.05, 4.69) is 10.4 Å². The van der Waals surface area contributed by atoms with Crippen LogP contribution in [0.1, 0.15) is 6.92 Å². The van der Waals surface area contributed by atoms with Crippen LogP contribution in [0.3, 0.4) is 0 Å². The van der Waals surface area contributed by atoms with E-state index < -0.39 is 4.92 Å². The Balaban J connectivity index is 2.26. The topological polar surface area (TPSA) is 105 Å². The summed E-state index contributed by atoms with van der Waals surface area (Å²) in [7, 11) is 0. The van der Waals surface area contributed by atoms with E-state index in [1.807, 2.05) is 0 Å². The third-order valence-corrected chi connectivity index (χ3v) is 2.49. The molecule has 0 aliphatic carbocycles. The van der Waals surface area contributed by atoms with Crippen molar-refractivity contribution in [1.29, 1.82) is 0 Å². The fourth-order valence-electron chi connectivity index (χ4n) is 1.54. The third-order valence-electron chi connectivity index (χ3n) is 2.49. The van der Waals surface area contributed by atoms with Crippen LogP contribution in [0.2, 0.25) is 0 Å². The predicted molar refractivity (Wildman–Crippen MR) is 66.7 cm³/mol. The number of Topliss-reactive ketones (excluding diaryl/α,β-unsaturated/α-hetero) is 1. The Labute approximate surface area is 107 Å². The van der Waals surface area contributed by atoms with Crippen LogP contribution in [0.5, 0.6) is 0 Å². The van der Waals surface area contributed by atoms with Gasteiger partial charge in [0.25, 0.3) is 11.6 Å². The Hall–Kier alpha value is -2.77. The van der Waals surface area contributed by atoms with Crippen LogP contribution in [0.4, 0.5) is 11.4 Å². The van der Waals surface area contributed by atoms with E-state index in [4.69, 9.17) is 0 Å². The van der Waals surface area contributed by atoms with Crippen LogP contribution in [0, 0.1) is 10.1 Å². The van der Waals surface area contributed by atoms with E-state index in [0.717, 1.165) is 5.01 Å². The third kappa shape index (κ3) is 2.57. The second-order valence-electron chi connectivity index (χ2n) is 3.84. The molecule has 1 aliphatic rings. The fourth-order valence-corrected chi connectivity index (χ4v) is 1.54. The van der Waals surface area contributed by atoms with Crippen LogP contribution < -0.4 is 10.4 Å². The molecule has 2 rings (SSSR count). The van der Waals surface area contributed by atoms with Crippen LogP contribution in [0.15, 0.2) is 29.3 Å². The summed E-state index contributed by atoms with van der Waals surface area (Å²) >= 11 is 0. The molecule has 0 atom stereocenters. The van der Waals surface area contributed by atoms with Crippen LogP contribution in [-0.4, -0.2) is 29.0 Å². The van der Waals surface area contributed by atoms with Crippen molar-refractivity contribution in [3.63, 3.8) is 0 Å². The molecule has 1 N–H and O–H groups in total. The first-order valence-corrected chi connectivity index (χ1v) is 5.38. The molecule has 19 heavy (non-hydrogen) atoms. The maximum atomic E-state index is 11.7. The van der Waals surface area contributed by atoms with Gasteiger partial charge in [0.15, 0.2) is 11.6 Å². The molecule has 0 bridgehead atoms. The number of aliphatic imine (C=N–C) groups is 1. The predicted octanol–water partition coefficient (Wildman–Crippen LogP) is 0.433. The Bertz CT molecular complexity index is 579. The Morgan fingerprint density at radius 2 is 2.05 bits per heavy atom. The zero-order valence-electron chi connectivity index (χ0n) is 9.99. The van der Waals surface area contributed by atoms with Gasteiger partial charge in [-0.3, -0.25) is 30.1 Å². The quantitative estimate of drug-likeness (QED) is 0.628. The maximum Gasteiger partial charge on any atom is 0.269 e. The highest BCUT2D eigenvalue weighted by molar-refractivity contribution is 6.39. The number of nitrogens with zero attached hydrogens (tertiary/aromatic N) is 3. The summed E-state index contributed by atoms with van der Waals surface area (Å²) in [5.41, 5.74) is 2.91. The summed E-state index contributed by atoms with van der Waals surface area (Å²) in [6.07, 6.45) is 0. The average Bonchev–Trinajstić information content (AvgIpc) is 2.39. The van der Waals surface area contributed by atoms with Gasteiger partial charge in [-0.15, -0.1) is 0 Å². The lowest BCUT2D eigenvalue weighted by atomic mass is 10.2. The number of amides is 1. The first-order valence-electron chi connectivity index (χ1n) is 5.38. The van der Waals surface area contributed by atoms with Crippen molar-refractivity contribution in [2.45, 2.75) is 6.92 Å². The number of hydrogen-bond acceptors (Lipinski definition) is 6. The number of anilines is 1. The van der Waals surface area contributed by atoms with Crippen molar-refractivity contribution < 1.29 is 14.5 Å². The zero-order chi connectivity index (χ0) is 14.0. The van der Waals surface area contributed by atoms with Crippen LogP contribution >= 0.6 is 0 Å². The molecule has 8 heteroatoms. The van der Waals surface area contributed by atoms with Crippen LogP contribution in [-0.2, 0) is 9.59 Å². The first kappa shape index (κ1) is 12.7. The number of benzene rings is 1. The van der Waals surface area contributed by atoms with Gasteiger partial charge in [-0.25, -0.2) is 5.01 Å². The number of nitrogens with one attached hydrogen (secondary N) is 1. The fraction of sp³-hybridized carbons (Fsp3) is 0.182. The Morgan fingerprint density at radius 3 is 2.58 bits per heavy atom. The molecular formula is C11H10N4O4. The molecule has 98 valence electrons. The molecule has 0 radical (unpaired) electrons. The number of rotatable bonds is 3. The SMILES string of the molecule is CC(=O)C1=NCC(=O)N(c2ccc([N+](=O)[O-])cc2)N1. The molecule has 0 aromatic heterocycles. The monoisotopic (exact) mass is 262 g/mol. The number of carbonyl (C=O) groups excluding carboxylic acids is 2. The van der Waals surface area contributed by atoms with Crippen molar-refractivity contribution in [3.05, 3.63) is 34.4 Å². The van der Waals surface area contributed by atoms with Crippen molar-refractivity contribution in [1.82, 2.24) is 5.43 Å². The highest BCUT2D eigenvalue weighted by Crippen LogP contribution is 2.19. The van der Waals surface area contributed by atoms with Crippen molar-refractivity contribution in [3.8, 4) is 0 Å². The maximum absolute atomic E-state index is 11.7. The molecule has 0 saturated heterocycles. The Kier molecular flexibility index (Phi) is 3.23. The number of non-ortho nitro benzene ring substituents is 1. The summed E-state index contributed by atoms with van der Waals surface area (Å²) in [6.45, 7) is 1.19. The molecule has 8 nitrogen and oxygen atoms in total. The molecular weight excluding hydrogens is 252 g/mol. The molecule has 1 aromatic carbocycles. The van der Waals surface area contributed by atoms with Gasteiger partial charge in [-0.05, 0) is 12.1 Å². The van der Waals surface area contributed by atoms with E-state index in [-0.39, 0.29) is 29.8 Å². The molecule has 0 spiro atoms. The largest absolute Gasteiger partial charge is 0.291 e. The van der Waals surface area contributed by atoms with Crippen molar-refractivity contribution >= 4 is 28.9 Å². The standard InChI is InChI=1S/C11H10N4O4/c1-7(16)11-12-6-10(17)14(13-11)8-2-4-9(5-3-8)15(18)19/h2-5H,6H2,1H3,(H,12,13). The number of hydrogen-bond donors (Lipinski definition) is 1. The van der Waals surface area contributed by atoms with E-state index >= 15 is 0 Å². The molecule has 1 aromatic rings. The van der Waals surface area contributed by atoms with Crippen molar-refractivity contribution in [2.24, 2.45) is 4.99 Å². The van der Waals surface area contributed by atoms with Gasteiger partial charge in [0.2, 0.25) is 0 Å². The van der Waals surface area contributed by atoms with Gasteiger partial charge in [-0.2, -0.15) is 0 Å². The smallest absolute Gasteiger partial charge is 0.269 e. The van der Waals surface area contributed by atoms with Gasteiger partial charge in [0.05, 0.1) is 10.6 Å². The van der Waals surface area contributed by atoms with Gasteiger partial charge in [-0.1, -0.05) is 0 Å². The summed E-state index contributed by atoms with van der Waals surface area (Å²) in [5.74, 6) is -0.559. The van der Waals surface area contributed by atoms with Crippen LogP contribution in [0.25, 0.3) is 0 Å². The molecule has 1 heterocycles. The highest BCUT2D eigenvalue weighted by atomic mass is 16.6. The zero-order valence-corrected chi connectivity index (χ0v) is 9.99. The molecule has 1 amide bonds. The van der Waals surface area contributed by atoms with Gasteiger partial charge >= 0.3 is 0 Å². The van der Waals surface area contributed by atoms with E-state index in [0.29, 0.717) is 5.69 Å². The van der Waals surface area contributed by atoms with Gasteiger partial charge < -0.3 is 0 Å². The highest BCUT2D eigenvalue weighted by Gasteiger charge is 2.24. The molecule has 0 fully saturated rings. The minimum absolute atomic E-state index is 0.0753. The normalized spacial score (nSPS) is 14.7. The number of amidine groups is 1. The van der Waals surface area contributed by atoms with Gasteiger partial charge in [0.1, 0.15) is 6.54 Å². The Morgan fingerprint density at radius 1 is 1.42 bits per heavy atom. The number of nitro groups is 1. The summed E-state index contributed by atoms with van der Waals surface area (Å²) in [4.78, 5) is 36.7. The summed E-state index contributed by atoms with van der Waals surface area (Å²) < 4.78 is 0. The minimum atomic E-state index is -0.530. The minimum Gasteiger partial charge on any atom is -0.291 e. The average molecular weight is 262 g/mol. The lowest BCUT2D eigenvalue weighted by Gasteiger charge is -2.27. The summed E-state index contributed by atoms with van der Waals surface area (Å²) in [6, 6.07) is 5.41. The number of ketones is 1. The molecule has 1 aliphatic heterocycles. The lowest BCUT2D eigenvalue weighted by molar-refractivity contribution is -0.384. The number of carbonyl (C=O) groups is 2. The first-order chi connectivity index (χ1) is 8.99. The van der Waals surface area contributed by atoms with Crippen molar-refractivity contribution in [2.75, 3.05) is 11.6 Å². The lowest BCUT2D eigenvalue weighted by Crippen LogP contribution is -2.53. The summed E-state index contributed by atoms with van der Waals surface area (Å²) in [5, 5.41) is 11.7. The molecule has 0 saturated carbocycles.